The molecule has 1 aliphatic rings. The zero-order valence-electron chi connectivity index (χ0n) is 10.5. The molecule has 0 saturated carbocycles. The van der Waals surface area contributed by atoms with Gasteiger partial charge in [-0.3, -0.25) is 4.68 Å². The lowest BCUT2D eigenvalue weighted by Gasteiger charge is -2.14. The van der Waals surface area contributed by atoms with E-state index in [1.165, 1.54) is 49.8 Å². The third kappa shape index (κ3) is 2.59. The molecular formula is C14H18BrN3. The molecule has 0 atom stereocenters. The minimum atomic E-state index is 1.02. The van der Waals surface area contributed by atoms with E-state index in [1.54, 1.807) is 0 Å². The predicted molar refractivity (Wildman–Crippen MR) is 77.7 cm³/mol. The van der Waals surface area contributed by atoms with Crippen LogP contribution in [0.5, 0.6) is 0 Å². The molecule has 96 valence electrons. The summed E-state index contributed by atoms with van der Waals surface area (Å²) < 4.78 is 3.24. The van der Waals surface area contributed by atoms with E-state index in [1.807, 2.05) is 6.20 Å². The van der Waals surface area contributed by atoms with Gasteiger partial charge < -0.3 is 4.90 Å². The Morgan fingerprint density at radius 1 is 1.17 bits per heavy atom. The molecule has 1 aromatic carbocycles. The highest BCUT2D eigenvalue weighted by Gasteiger charge is 2.10. The minimum absolute atomic E-state index is 1.02. The Labute approximate surface area is 116 Å². The average molecular weight is 308 g/mol. The lowest BCUT2D eigenvalue weighted by molar-refractivity contribution is 0.323. The molecule has 2 aromatic rings. The van der Waals surface area contributed by atoms with Gasteiger partial charge in [-0.05, 0) is 57.1 Å². The molecule has 3 rings (SSSR count). The first-order valence-electron chi connectivity index (χ1n) is 6.66. The number of hydrogen-bond donors (Lipinski definition) is 0. The smallest absolute Gasteiger partial charge is 0.0683 e. The van der Waals surface area contributed by atoms with Gasteiger partial charge in [-0.2, -0.15) is 5.10 Å². The maximum atomic E-state index is 4.48. The van der Waals surface area contributed by atoms with Crippen LogP contribution >= 0.6 is 15.9 Å². The maximum Gasteiger partial charge on any atom is 0.0683 e. The van der Waals surface area contributed by atoms with E-state index in [-0.39, 0.29) is 0 Å². The van der Waals surface area contributed by atoms with Gasteiger partial charge in [0.2, 0.25) is 0 Å². The molecule has 1 aromatic heterocycles. The number of hydrogen-bond acceptors (Lipinski definition) is 2. The molecule has 4 heteroatoms. The van der Waals surface area contributed by atoms with Crippen molar-refractivity contribution in [3.05, 3.63) is 28.9 Å². The van der Waals surface area contributed by atoms with Gasteiger partial charge >= 0.3 is 0 Å². The van der Waals surface area contributed by atoms with Crippen LogP contribution in [-0.2, 0) is 6.54 Å². The topological polar surface area (TPSA) is 21.1 Å². The Hall–Kier alpha value is -0.870. The average Bonchev–Trinajstić information content (AvgIpc) is 2.99. The van der Waals surface area contributed by atoms with E-state index < -0.39 is 0 Å². The Morgan fingerprint density at radius 2 is 2.00 bits per heavy atom. The third-order valence-electron chi connectivity index (χ3n) is 3.65. The molecule has 0 bridgehead atoms. The second kappa shape index (κ2) is 5.41. The van der Waals surface area contributed by atoms with Crippen molar-refractivity contribution in [3.63, 3.8) is 0 Å². The van der Waals surface area contributed by atoms with Crippen LogP contribution in [0.1, 0.15) is 19.3 Å². The largest absolute Gasteiger partial charge is 0.303 e. The Balaban J connectivity index is 1.63. The molecule has 0 unspecified atom stereocenters. The summed E-state index contributed by atoms with van der Waals surface area (Å²) in [5.41, 5.74) is 1.24. The fourth-order valence-corrected chi connectivity index (χ4v) is 3.07. The van der Waals surface area contributed by atoms with Crippen molar-refractivity contribution in [1.82, 2.24) is 14.7 Å². The second-order valence-electron chi connectivity index (χ2n) is 4.97. The number of aryl methyl sites for hydroxylation is 1. The van der Waals surface area contributed by atoms with Crippen LogP contribution in [0.15, 0.2) is 28.9 Å². The van der Waals surface area contributed by atoms with Crippen molar-refractivity contribution in [2.24, 2.45) is 0 Å². The number of fused-ring (bicyclic) bond motifs is 1. The van der Waals surface area contributed by atoms with Gasteiger partial charge in [0, 0.05) is 16.4 Å². The molecule has 0 N–H and O–H groups in total. The van der Waals surface area contributed by atoms with Gasteiger partial charge in [0.15, 0.2) is 0 Å². The molecule has 1 fully saturated rings. The first kappa shape index (κ1) is 12.2. The van der Waals surface area contributed by atoms with E-state index in [0.717, 1.165) is 11.0 Å². The van der Waals surface area contributed by atoms with Crippen LogP contribution in [0, 0.1) is 0 Å². The number of aromatic nitrogens is 2. The van der Waals surface area contributed by atoms with E-state index in [9.17, 15) is 0 Å². The number of halogens is 1. The third-order valence-corrected chi connectivity index (χ3v) is 4.14. The van der Waals surface area contributed by atoms with Gasteiger partial charge in [0.05, 0.1) is 11.7 Å². The Morgan fingerprint density at radius 3 is 2.83 bits per heavy atom. The summed E-state index contributed by atoms with van der Waals surface area (Å²) in [5.74, 6) is 0. The normalized spacial score (nSPS) is 16.7. The van der Waals surface area contributed by atoms with Gasteiger partial charge in [-0.25, -0.2) is 0 Å². The van der Waals surface area contributed by atoms with Gasteiger partial charge in [0.25, 0.3) is 0 Å². The van der Waals surface area contributed by atoms with Gasteiger partial charge in [-0.15, -0.1) is 0 Å². The lowest BCUT2D eigenvalue weighted by Crippen LogP contribution is -2.21. The SMILES string of the molecule is Brc1ccc2c(cnn2CCCN2CCCC2)c1. The molecule has 1 saturated heterocycles. The van der Waals surface area contributed by atoms with Crippen molar-refractivity contribution in [1.29, 1.82) is 0 Å². The Bertz CT molecular complexity index is 529. The molecule has 18 heavy (non-hydrogen) atoms. The summed E-state index contributed by atoms with van der Waals surface area (Å²) in [6, 6.07) is 6.35. The molecule has 0 aliphatic carbocycles. The summed E-state index contributed by atoms with van der Waals surface area (Å²) in [7, 11) is 0. The van der Waals surface area contributed by atoms with Crippen LogP contribution in [0.25, 0.3) is 10.9 Å². The lowest BCUT2D eigenvalue weighted by atomic mass is 10.2. The van der Waals surface area contributed by atoms with Crippen LogP contribution in [0.4, 0.5) is 0 Å². The minimum Gasteiger partial charge on any atom is -0.303 e. The monoisotopic (exact) mass is 307 g/mol. The molecule has 0 spiro atoms. The fourth-order valence-electron chi connectivity index (χ4n) is 2.69. The van der Waals surface area contributed by atoms with Crippen LogP contribution < -0.4 is 0 Å². The standard InChI is InChI=1S/C14H18BrN3/c15-13-4-5-14-12(10-13)11-16-18(14)9-3-8-17-6-1-2-7-17/h4-5,10-11H,1-3,6-9H2. The maximum absolute atomic E-state index is 4.48. The van der Waals surface area contributed by atoms with Crippen LogP contribution in [0.2, 0.25) is 0 Å². The highest BCUT2D eigenvalue weighted by atomic mass is 79.9. The van der Waals surface area contributed by atoms with Crippen molar-refractivity contribution in [3.8, 4) is 0 Å². The fraction of sp³-hybridized carbons (Fsp3) is 0.500. The zero-order chi connectivity index (χ0) is 12.4. The Kier molecular flexibility index (Phi) is 3.66. The van der Waals surface area contributed by atoms with Gasteiger partial charge in [-0.1, -0.05) is 15.9 Å². The van der Waals surface area contributed by atoms with Crippen LogP contribution in [0.3, 0.4) is 0 Å². The van der Waals surface area contributed by atoms with E-state index >= 15 is 0 Å². The van der Waals surface area contributed by atoms with E-state index in [4.69, 9.17) is 0 Å². The molecular weight excluding hydrogens is 290 g/mol. The number of nitrogens with zero attached hydrogens (tertiary/aromatic N) is 3. The van der Waals surface area contributed by atoms with Gasteiger partial charge in [0.1, 0.15) is 0 Å². The molecule has 3 nitrogen and oxygen atoms in total. The summed E-state index contributed by atoms with van der Waals surface area (Å²) >= 11 is 3.50. The summed E-state index contributed by atoms with van der Waals surface area (Å²) in [5, 5.41) is 5.69. The predicted octanol–water partition coefficient (Wildman–Crippen LogP) is 3.28. The van der Waals surface area contributed by atoms with Crippen molar-refractivity contribution < 1.29 is 0 Å². The summed E-state index contributed by atoms with van der Waals surface area (Å²) in [6.45, 7) is 4.79. The zero-order valence-corrected chi connectivity index (χ0v) is 12.1. The van der Waals surface area contributed by atoms with Crippen LogP contribution in [-0.4, -0.2) is 34.3 Å². The molecule has 0 amide bonds. The summed E-state index contributed by atoms with van der Waals surface area (Å²) in [4.78, 5) is 2.56. The molecule has 0 radical (unpaired) electrons. The quantitative estimate of drug-likeness (QED) is 0.864. The van der Waals surface area contributed by atoms with Crippen molar-refractivity contribution >= 4 is 26.8 Å². The highest BCUT2D eigenvalue weighted by Crippen LogP contribution is 2.19. The van der Waals surface area contributed by atoms with Crippen molar-refractivity contribution in [2.75, 3.05) is 19.6 Å². The number of benzene rings is 1. The number of likely N-dealkylation sites (tertiary alicyclic amines) is 1. The summed E-state index contributed by atoms with van der Waals surface area (Å²) in [6.07, 6.45) is 5.89. The van der Waals surface area contributed by atoms with E-state index in [0.29, 0.717) is 0 Å². The van der Waals surface area contributed by atoms with E-state index in [2.05, 4.69) is 48.8 Å². The molecule has 2 heterocycles. The molecule has 1 aliphatic heterocycles. The first-order valence-corrected chi connectivity index (χ1v) is 7.46. The number of rotatable bonds is 4. The second-order valence-corrected chi connectivity index (χ2v) is 5.89. The van der Waals surface area contributed by atoms with Crippen molar-refractivity contribution in [2.45, 2.75) is 25.8 Å². The first-order chi connectivity index (χ1) is 8.83. The highest BCUT2D eigenvalue weighted by molar-refractivity contribution is 9.10.